The maximum Gasteiger partial charge on any atom is 0.270 e. The van der Waals surface area contributed by atoms with Gasteiger partial charge in [0.1, 0.15) is 4.88 Å². The summed E-state index contributed by atoms with van der Waals surface area (Å²) in [5, 5.41) is 16.3. The molecule has 0 aliphatic heterocycles. The third kappa shape index (κ3) is 3.30. The molecule has 0 fully saturated rings. The molecule has 1 aromatic carbocycles. The summed E-state index contributed by atoms with van der Waals surface area (Å²) in [6.07, 6.45) is 1.93. The first-order chi connectivity index (χ1) is 12.3. The molecule has 26 heavy (non-hydrogen) atoms. The minimum absolute atomic E-state index is 0.0228. The van der Waals surface area contributed by atoms with Crippen LogP contribution in [0.15, 0.2) is 24.4 Å². The van der Waals surface area contributed by atoms with E-state index in [4.69, 9.17) is 11.6 Å². The van der Waals surface area contributed by atoms with Crippen LogP contribution in [0.1, 0.15) is 27.9 Å². The van der Waals surface area contributed by atoms with E-state index < -0.39 is 4.92 Å². The number of benzene rings is 1. The first-order valence-electron chi connectivity index (χ1n) is 7.96. The highest BCUT2D eigenvalue weighted by atomic mass is 35.5. The third-order valence-electron chi connectivity index (χ3n) is 4.14. The van der Waals surface area contributed by atoms with Crippen molar-refractivity contribution in [3.8, 4) is 0 Å². The van der Waals surface area contributed by atoms with Crippen molar-refractivity contribution in [2.24, 2.45) is 0 Å². The van der Waals surface area contributed by atoms with Crippen molar-refractivity contribution in [1.29, 1.82) is 0 Å². The molecule has 0 saturated heterocycles. The Labute approximate surface area is 158 Å². The summed E-state index contributed by atoms with van der Waals surface area (Å²) < 4.78 is 2.45. The normalized spacial score (nSPS) is 11.1. The summed E-state index contributed by atoms with van der Waals surface area (Å²) in [6, 6.07) is 4.41. The number of nitro groups is 1. The zero-order valence-corrected chi connectivity index (χ0v) is 16.1. The van der Waals surface area contributed by atoms with Crippen molar-refractivity contribution in [3.05, 3.63) is 55.7 Å². The summed E-state index contributed by atoms with van der Waals surface area (Å²) in [4.78, 5) is 25.3. The van der Waals surface area contributed by atoms with E-state index in [1.54, 1.807) is 18.0 Å². The maximum atomic E-state index is 12.8. The molecular formula is C17H17ClN4O3S. The fourth-order valence-corrected chi connectivity index (χ4v) is 4.22. The van der Waals surface area contributed by atoms with Gasteiger partial charge < -0.3 is 4.90 Å². The molecule has 1 amide bonds. The molecular weight excluding hydrogens is 376 g/mol. The Hall–Kier alpha value is -2.45. The van der Waals surface area contributed by atoms with Gasteiger partial charge in [0, 0.05) is 54.1 Å². The van der Waals surface area contributed by atoms with Crippen molar-refractivity contribution in [1.82, 2.24) is 14.7 Å². The molecule has 2 heterocycles. The highest BCUT2D eigenvalue weighted by molar-refractivity contribution is 7.21. The third-order valence-corrected chi connectivity index (χ3v) is 5.79. The van der Waals surface area contributed by atoms with E-state index in [-0.39, 0.29) is 11.6 Å². The van der Waals surface area contributed by atoms with Gasteiger partial charge in [-0.3, -0.25) is 19.6 Å². The van der Waals surface area contributed by atoms with Gasteiger partial charge in [0.15, 0.2) is 0 Å². The lowest BCUT2D eigenvalue weighted by molar-refractivity contribution is -0.384. The van der Waals surface area contributed by atoms with E-state index in [1.165, 1.54) is 23.5 Å². The molecule has 3 rings (SSSR count). The van der Waals surface area contributed by atoms with Gasteiger partial charge in [0.25, 0.3) is 11.6 Å². The molecule has 0 saturated carbocycles. The molecule has 136 valence electrons. The largest absolute Gasteiger partial charge is 0.337 e. The number of nitro benzene ring substituents is 1. The number of thiophene rings is 1. The van der Waals surface area contributed by atoms with Crippen LogP contribution < -0.4 is 0 Å². The lowest BCUT2D eigenvalue weighted by Crippen LogP contribution is -2.25. The number of fused-ring (bicyclic) bond motifs is 1. The lowest BCUT2D eigenvalue weighted by Gasteiger charge is -2.16. The SMILES string of the molecule is CCn1cc(CN(C)C(=O)c2sc3cc([N+](=O)[O-])ccc3c2Cl)c(C)n1. The van der Waals surface area contributed by atoms with Crippen molar-refractivity contribution < 1.29 is 9.72 Å². The van der Waals surface area contributed by atoms with Crippen LogP contribution in [0, 0.1) is 17.0 Å². The highest BCUT2D eigenvalue weighted by Crippen LogP contribution is 2.37. The Morgan fingerprint density at radius 1 is 1.46 bits per heavy atom. The number of nitrogens with zero attached hydrogens (tertiary/aromatic N) is 4. The molecule has 2 aromatic heterocycles. The smallest absolute Gasteiger partial charge is 0.270 e. The Bertz CT molecular complexity index is 1010. The number of aryl methyl sites for hydroxylation is 2. The monoisotopic (exact) mass is 392 g/mol. The Morgan fingerprint density at radius 3 is 2.81 bits per heavy atom. The molecule has 7 nitrogen and oxygen atoms in total. The number of hydrogen-bond acceptors (Lipinski definition) is 5. The van der Waals surface area contributed by atoms with Gasteiger partial charge in [-0.25, -0.2) is 0 Å². The van der Waals surface area contributed by atoms with Gasteiger partial charge in [-0.1, -0.05) is 11.6 Å². The molecule has 0 bridgehead atoms. The van der Waals surface area contributed by atoms with Crippen LogP contribution >= 0.6 is 22.9 Å². The Kier molecular flexibility index (Phi) is 4.97. The van der Waals surface area contributed by atoms with Crippen LogP contribution in [0.3, 0.4) is 0 Å². The van der Waals surface area contributed by atoms with Crippen LogP contribution in [-0.2, 0) is 13.1 Å². The number of carbonyl (C=O) groups is 1. The van der Waals surface area contributed by atoms with Gasteiger partial charge in [0.05, 0.1) is 15.6 Å². The highest BCUT2D eigenvalue weighted by Gasteiger charge is 2.22. The van der Waals surface area contributed by atoms with E-state index in [2.05, 4.69) is 5.10 Å². The average Bonchev–Trinajstić information content (AvgIpc) is 3.14. The summed E-state index contributed by atoms with van der Waals surface area (Å²) in [7, 11) is 1.70. The summed E-state index contributed by atoms with van der Waals surface area (Å²) in [6.45, 7) is 5.08. The molecule has 0 atom stereocenters. The molecule has 9 heteroatoms. The second kappa shape index (κ2) is 7.05. The van der Waals surface area contributed by atoms with Crippen LogP contribution in [0.25, 0.3) is 10.1 Å². The standard InChI is InChI=1S/C17H17ClN4O3S/c1-4-21-9-11(10(2)19-21)8-20(3)17(23)16-15(18)13-6-5-12(22(24)25)7-14(13)26-16/h5-7,9H,4,8H2,1-3H3. The minimum Gasteiger partial charge on any atom is -0.337 e. The number of rotatable bonds is 5. The Morgan fingerprint density at radius 2 is 2.19 bits per heavy atom. The number of halogens is 1. The number of non-ortho nitro benzene ring substituents is 1. The van der Waals surface area contributed by atoms with Crippen LogP contribution in [0.5, 0.6) is 0 Å². The van der Waals surface area contributed by atoms with Gasteiger partial charge in [-0.05, 0) is 19.9 Å². The fourth-order valence-electron chi connectivity index (χ4n) is 2.68. The van der Waals surface area contributed by atoms with Crippen LogP contribution in [-0.4, -0.2) is 32.6 Å². The van der Waals surface area contributed by atoms with Crippen LogP contribution in [0.4, 0.5) is 5.69 Å². The summed E-state index contributed by atoms with van der Waals surface area (Å²) in [5.74, 6) is -0.220. The van der Waals surface area contributed by atoms with Gasteiger partial charge in [-0.2, -0.15) is 5.10 Å². The molecule has 3 aromatic rings. The lowest BCUT2D eigenvalue weighted by atomic mass is 10.2. The predicted octanol–water partition coefficient (Wildman–Crippen LogP) is 4.26. The van der Waals surface area contributed by atoms with Crippen molar-refractivity contribution in [2.45, 2.75) is 26.9 Å². The van der Waals surface area contributed by atoms with Gasteiger partial charge in [-0.15, -0.1) is 11.3 Å². The second-order valence-corrected chi connectivity index (χ2v) is 7.37. The van der Waals surface area contributed by atoms with Crippen molar-refractivity contribution >= 4 is 44.6 Å². The molecule has 0 radical (unpaired) electrons. The predicted molar refractivity (Wildman–Crippen MR) is 102 cm³/mol. The summed E-state index contributed by atoms with van der Waals surface area (Å²) >= 11 is 7.53. The number of hydrogen-bond donors (Lipinski definition) is 0. The zero-order valence-electron chi connectivity index (χ0n) is 14.5. The fraction of sp³-hybridized carbons (Fsp3) is 0.294. The Balaban J connectivity index is 1.89. The van der Waals surface area contributed by atoms with Crippen LogP contribution in [0.2, 0.25) is 5.02 Å². The number of amides is 1. The average molecular weight is 393 g/mol. The molecule has 0 N–H and O–H groups in total. The zero-order chi connectivity index (χ0) is 19.0. The van der Waals surface area contributed by atoms with E-state index in [0.29, 0.717) is 26.5 Å². The molecule has 0 spiro atoms. The number of carbonyl (C=O) groups excluding carboxylic acids is 1. The molecule has 0 unspecified atom stereocenters. The quantitative estimate of drug-likeness (QED) is 0.480. The molecule has 0 aliphatic carbocycles. The molecule has 0 aliphatic rings. The topological polar surface area (TPSA) is 81.3 Å². The van der Waals surface area contributed by atoms with Crippen molar-refractivity contribution in [2.75, 3.05) is 7.05 Å². The number of aromatic nitrogens is 2. The van der Waals surface area contributed by atoms with E-state index in [0.717, 1.165) is 17.8 Å². The first kappa shape index (κ1) is 18.3. The van der Waals surface area contributed by atoms with Crippen molar-refractivity contribution in [3.63, 3.8) is 0 Å². The van der Waals surface area contributed by atoms with Gasteiger partial charge in [0.2, 0.25) is 0 Å². The maximum absolute atomic E-state index is 12.8. The first-order valence-corrected chi connectivity index (χ1v) is 9.16. The van der Waals surface area contributed by atoms with E-state index >= 15 is 0 Å². The summed E-state index contributed by atoms with van der Waals surface area (Å²) in [5.41, 5.74) is 1.82. The van der Waals surface area contributed by atoms with E-state index in [1.807, 2.05) is 24.7 Å². The second-order valence-electron chi connectivity index (χ2n) is 5.94. The minimum atomic E-state index is -0.463. The van der Waals surface area contributed by atoms with E-state index in [9.17, 15) is 14.9 Å². The van der Waals surface area contributed by atoms with Gasteiger partial charge >= 0.3 is 0 Å².